The molecule has 1 N–H and O–H groups in total. The van der Waals surface area contributed by atoms with Gasteiger partial charge in [-0.1, -0.05) is 30.3 Å². The summed E-state index contributed by atoms with van der Waals surface area (Å²) in [6.07, 6.45) is 4.39. The number of methoxy groups -OCH3 is 1. The standard InChI is InChI=1S/C23H20F2N2O3S/c1-29-19-9-5-7-17(22(19)30-23(24)25)11-12-20(28)27-18-8-4-6-16(14-18)15-31-21-10-2-3-13-26-21/h2-14,23H,15H2,1H3,(H,27,28)/b12-11+. The molecular formula is C23H20F2N2O3S. The first-order valence-corrected chi connectivity index (χ1v) is 10.3. The number of nitrogens with zero attached hydrogens (tertiary/aromatic N) is 1. The summed E-state index contributed by atoms with van der Waals surface area (Å²) in [7, 11) is 1.35. The van der Waals surface area contributed by atoms with Crippen LogP contribution >= 0.6 is 11.8 Å². The zero-order chi connectivity index (χ0) is 22.1. The molecule has 0 saturated carbocycles. The van der Waals surface area contributed by atoms with E-state index in [-0.39, 0.29) is 11.5 Å². The van der Waals surface area contributed by atoms with Crippen molar-refractivity contribution in [3.8, 4) is 11.5 Å². The van der Waals surface area contributed by atoms with Gasteiger partial charge in [0.1, 0.15) is 0 Å². The second-order valence-electron chi connectivity index (χ2n) is 6.24. The van der Waals surface area contributed by atoms with Gasteiger partial charge in [-0.3, -0.25) is 4.79 Å². The Balaban J connectivity index is 1.65. The Kier molecular flexibility index (Phi) is 8.00. The number of carbonyl (C=O) groups is 1. The molecule has 1 heterocycles. The van der Waals surface area contributed by atoms with Crippen molar-refractivity contribution in [3.63, 3.8) is 0 Å². The predicted molar refractivity (Wildman–Crippen MR) is 118 cm³/mol. The number of halogens is 2. The van der Waals surface area contributed by atoms with Gasteiger partial charge in [-0.25, -0.2) is 4.98 Å². The number of thioether (sulfide) groups is 1. The molecular weight excluding hydrogens is 422 g/mol. The molecule has 2 aromatic carbocycles. The van der Waals surface area contributed by atoms with Gasteiger partial charge >= 0.3 is 6.61 Å². The molecule has 0 aliphatic rings. The lowest BCUT2D eigenvalue weighted by molar-refractivity contribution is -0.111. The van der Waals surface area contributed by atoms with Crippen molar-refractivity contribution in [1.29, 1.82) is 0 Å². The topological polar surface area (TPSA) is 60.5 Å². The van der Waals surface area contributed by atoms with E-state index in [1.54, 1.807) is 36.2 Å². The smallest absolute Gasteiger partial charge is 0.387 e. The Labute approximate surface area is 183 Å². The summed E-state index contributed by atoms with van der Waals surface area (Å²) in [6.45, 7) is -3.01. The molecule has 0 aliphatic heterocycles. The molecule has 5 nitrogen and oxygen atoms in total. The summed E-state index contributed by atoms with van der Waals surface area (Å²) in [5.74, 6) is 0.327. The highest BCUT2D eigenvalue weighted by atomic mass is 32.2. The van der Waals surface area contributed by atoms with E-state index in [1.165, 1.54) is 25.3 Å². The third-order valence-electron chi connectivity index (χ3n) is 4.07. The van der Waals surface area contributed by atoms with Crippen LogP contribution in [-0.4, -0.2) is 24.6 Å². The zero-order valence-corrected chi connectivity index (χ0v) is 17.4. The van der Waals surface area contributed by atoms with Crippen molar-refractivity contribution >= 4 is 29.4 Å². The van der Waals surface area contributed by atoms with Crippen LogP contribution in [0.4, 0.5) is 14.5 Å². The van der Waals surface area contributed by atoms with Crippen LogP contribution in [0.1, 0.15) is 11.1 Å². The number of aromatic nitrogens is 1. The average molecular weight is 442 g/mol. The van der Waals surface area contributed by atoms with Crippen LogP contribution in [0.2, 0.25) is 0 Å². The Bertz CT molecular complexity index is 1050. The van der Waals surface area contributed by atoms with Gasteiger partial charge in [-0.05, 0) is 42.0 Å². The van der Waals surface area contributed by atoms with E-state index < -0.39 is 12.5 Å². The minimum atomic E-state index is -3.01. The fourth-order valence-electron chi connectivity index (χ4n) is 2.72. The number of nitrogens with one attached hydrogen (secondary N) is 1. The predicted octanol–water partition coefficient (Wildman–Crippen LogP) is 5.64. The van der Waals surface area contributed by atoms with Crippen molar-refractivity contribution in [2.75, 3.05) is 12.4 Å². The number of anilines is 1. The molecule has 0 atom stereocenters. The summed E-state index contributed by atoms with van der Waals surface area (Å²) in [6, 6.07) is 17.9. The second kappa shape index (κ2) is 11.1. The van der Waals surface area contributed by atoms with Crippen LogP contribution in [0.3, 0.4) is 0 Å². The molecule has 3 rings (SSSR count). The summed E-state index contributed by atoms with van der Waals surface area (Å²) >= 11 is 1.59. The van der Waals surface area contributed by atoms with Gasteiger partial charge < -0.3 is 14.8 Å². The van der Waals surface area contributed by atoms with Gasteiger partial charge in [0.2, 0.25) is 5.91 Å². The largest absolute Gasteiger partial charge is 0.493 e. The average Bonchev–Trinajstić information content (AvgIpc) is 2.77. The second-order valence-corrected chi connectivity index (χ2v) is 7.23. The molecule has 0 aliphatic carbocycles. The minimum Gasteiger partial charge on any atom is -0.493 e. The van der Waals surface area contributed by atoms with E-state index in [9.17, 15) is 13.6 Å². The summed E-state index contributed by atoms with van der Waals surface area (Å²) < 4.78 is 35.1. The quantitative estimate of drug-likeness (QED) is 0.343. The third kappa shape index (κ3) is 6.82. The van der Waals surface area contributed by atoms with E-state index in [1.807, 2.05) is 36.4 Å². The SMILES string of the molecule is COc1cccc(/C=C/C(=O)Nc2cccc(CSc3ccccn3)c2)c1OC(F)F. The molecule has 0 unspecified atom stereocenters. The fraction of sp³-hybridized carbons (Fsp3) is 0.130. The first kappa shape index (κ1) is 22.3. The van der Waals surface area contributed by atoms with Gasteiger partial charge in [0.15, 0.2) is 11.5 Å². The number of rotatable bonds is 9. The van der Waals surface area contributed by atoms with Crippen LogP contribution in [0, 0.1) is 0 Å². The number of hydrogen-bond donors (Lipinski definition) is 1. The first-order valence-electron chi connectivity index (χ1n) is 9.29. The number of ether oxygens (including phenoxy) is 2. The molecule has 31 heavy (non-hydrogen) atoms. The monoisotopic (exact) mass is 442 g/mol. The lowest BCUT2D eigenvalue weighted by Crippen LogP contribution is -2.08. The van der Waals surface area contributed by atoms with E-state index >= 15 is 0 Å². The van der Waals surface area contributed by atoms with E-state index in [4.69, 9.17) is 4.74 Å². The van der Waals surface area contributed by atoms with Crippen LogP contribution < -0.4 is 14.8 Å². The van der Waals surface area contributed by atoms with Crippen molar-refractivity contribution in [3.05, 3.63) is 84.1 Å². The lowest BCUT2D eigenvalue weighted by Gasteiger charge is -2.12. The van der Waals surface area contributed by atoms with Crippen LogP contribution in [0.15, 0.2) is 78.0 Å². The maximum Gasteiger partial charge on any atom is 0.387 e. The van der Waals surface area contributed by atoms with Crippen LogP contribution in [-0.2, 0) is 10.5 Å². The highest BCUT2D eigenvalue weighted by Crippen LogP contribution is 2.33. The number of benzene rings is 2. The highest BCUT2D eigenvalue weighted by molar-refractivity contribution is 7.98. The number of carbonyl (C=O) groups excluding carboxylic acids is 1. The number of amides is 1. The zero-order valence-electron chi connectivity index (χ0n) is 16.6. The van der Waals surface area contributed by atoms with Crippen molar-refractivity contribution in [2.24, 2.45) is 0 Å². The Morgan fingerprint density at radius 3 is 2.74 bits per heavy atom. The summed E-state index contributed by atoms with van der Waals surface area (Å²) in [4.78, 5) is 16.6. The van der Waals surface area contributed by atoms with Gasteiger partial charge in [-0.2, -0.15) is 8.78 Å². The van der Waals surface area contributed by atoms with Crippen LogP contribution in [0.25, 0.3) is 6.08 Å². The maximum absolute atomic E-state index is 12.7. The van der Waals surface area contributed by atoms with Gasteiger partial charge in [-0.15, -0.1) is 11.8 Å². The molecule has 1 amide bonds. The molecule has 160 valence electrons. The Hall–Kier alpha value is -3.39. The van der Waals surface area contributed by atoms with Gasteiger partial charge in [0, 0.05) is 29.3 Å². The summed E-state index contributed by atoms with van der Waals surface area (Å²) in [5, 5.41) is 3.69. The van der Waals surface area contributed by atoms with Gasteiger partial charge in [0.25, 0.3) is 0 Å². The number of alkyl halides is 2. The number of hydrogen-bond acceptors (Lipinski definition) is 5. The Morgan fingerprint density at radius 1 is 1.16 bits per heavy atom. The van der Waals surface area contributed by atoms with E-state index in [0.29, 0.717) is 17.0 Å². The normalized spacial score (nSPS) is 11.0. The molecule has 0 radical (unpaired) electrons. The molecule has 3 aromatic rings. The fourth-order valence-corrected chi connectivity index (χ4v) is 3.52. The van der Waals surface area contributed by atoms with E-state index in [0.717, 1.165) is 10.6 Å². The molecule has 1 aromatic heterocycles. The molecule has 8 heteroatoms. The molecule has 0 fully saturated rings. The first-order chi connectivity index (χ1) is 15.0. The highest BCUT2D eigenvalue weighted by Gasteiger charge is 2.14. The molecule has 0 bridgehead atoms. The third-order valence-corrected chi connectivity index (χ3v) is 5.08. The molecule has 0 saturated heterocycles. The van der Waals surface area contributed by atoms with Gasteiger partial charge in [0.05, 0.1) is 12.1 Å². The summed E-state index contributed by atoms with van der Waals surface area (Å²) in [5.41, 5.74) is 1.96. The van der Waals surface area contributed by atoms with Crippen LogP contribution in [0.5, 0.6) is 11.5 Å². The number of pyridine rings is 1. The maximum atomic E-state index is 12.7. The molecule has 0 spiro atoms. The van der Waals surface area contributed by atoms with Crippen molar-refractivity contribution < 1.29 is 23.0 Å². The minimum absolute atomic E-state index is 0.127. The number of para-hydroxylation sites is 1. The van der Waals surface area contributed by atoms with Crippen molar-refractivity contribution in [2.45, 2.75) is 17.4 Å². The van der Waals surface area contributed by atoms with Crippen molar-refractivity contribution in [1.82, 2.24) is 4.98 Å². The lowest BCUT2D eigenvalue weighted by atomic mass is 10.1. The van der Waals surface area contributed by atoms with E-state index in [2.05, 4.69) is 15.0 Å². The Morgan fingerprint density at radius 2 is 2.00 bits per heavy atom.